The molecule has 1 heterocycles. The number of nitrogens with zero attached hydrogens (tertiary/aromatic N) is 4. The van der Waals surface area contributed by atoms with E-state index in [4.69, 9.17) is 21.1 Å². The van der Waals surface area contributed by atoms with Crippen molar-refractivity contribution >= 4 is 17.6 Å². The number of hydrogen-bond acceptors (Lipinski definition) is 6. The third-order valence-corrected chi connectivity index (χ3v) is 3.34. The molecule has 0 saturated carbocycles. The molecule has 7 nitrogen and oxygen atoms in total. The molecule has 0 unspecified atom stereocenters. The van der Waals surface area contributed by atoms with Crippen molar-refractivity contribution in [2.45, 2.75) is 0 Å². The van der Waals surface area contributed by atoms with E-state index in [1.807, 2.05) is 0 Å². The summed E-state index contributed by atoms with van der Waals surface area (Å²) in [5.74, 6) is 0.142. The summed E-state index contributed by atoms with van der Waals surface area (Å²) in [6, 6.07) is 13.9. The number of para-hydroxylation sites is 1. The Morgan fingerprint density at radius 3 is 2.79 bits per heavy atom. The number of esters is 1. The number of ether oxygens (including phenoxy) is 2. The Labute approximate surface area is 142 Å². The Kier molecular flexibility index (Phi) is 5.02. The average molecular weight is 345 g/mol. The summed E-state index contributed by atoms with van der Waals surface area (Å²) in [7, 11) is 0. The summed E-state index contributed by atoms with van der Waals surface area (Å²) in [6.07, 6.45) is 1.41. The number of aromatic nitrogens is 4. The van der Waals surface area contributed by atoms with Crippen LogP contribution in [0.25, 0.3) is 5.69 Å². The van der Waals surface area contributed by atoms with E-state index >= 15 is 0 Å². The molecule has 0 fully saturated rings. The van der Waals surface area contributed by atoms with E-state index in [-0.39, 0.29) is 13.2 Å². The molecule has 0 spiro atoms. The van der Waals surface area contributed by atoms with Crippen LogP contribution in [0.15, 0.2) is 54.9 Å². The zero-order valence-corrected chi connectivity index (χ0v) is 13.3. The van der Waals surface area contributed by atoms with Crippen LogP contribution in [0.4, 0.5) is 0 Å². The number of tetrazole rings is 1. The van der Waals surface area contributed by atoms with Crippen LogP contribution in [0, 0.1) is 0 Å². The van der Waals surface area contributed by atoms with Crippen molar-refractivity contribution in [3.8, 4) is 11.4 Å². The van der Waals surface area contributed by atoms with E-state index in [0.29, 0.717) is 22.0 Å². The quantitative estimate of drug-likeness (QED) is 0.505. The summed E-state index contributed by atoms with van der Waals surface area (Å²) >= 11 is 5.87. The molecule has 0 bridgehead atoms. The van der Waals surface area contributed by atoms with Crippen molar-refractivity contribution in [1.82, 2.24) is 20.2 Å². The second-order valence-corrected chi connectivity index (χ2v) is 5.15. The molecule has 3 aromatic rings. The van der Waals surface area contributed by atoms with Gasteiger partial charge in [0.25, 0.3) is 0 Å². The number of carbonyl (C=O) groups excluding carboxylic acids is 1. The molecule has 8 heteroatoms. The number of halogens is 1. The van der Waals surface area contributed by atoms with E-state index in [1.54, 1.807) is 48.5 Å². The lowest BCUT2D eigenvalue weighted by molar-refractivity contribution is 0.0450. The number of benzene rings is 2. The highest BCUT2D eigenvalue weighted by Gasteiger charge is 2.14. The van der Waals surface area contributed by atoms with Crippen LogP contribution in [-0.2, 0) is 4.74 Å². The van der Waals surface area contributed by atoms with Crippen molar-refractivity contribution in [3.05, 3.63) is 65.4 Å². The third-order valence-electron chi connectivity index (χ3n) is 3.10. The fraction of sp³-hybridized carbons (Fsp3) is 0.125. The second-order valence-electron chi connectivity index (χ2n) is 4.71. The second kappa shape index (κ2) is 7.56. The van der Waals surface area contributed by atoms with E-state index in [2.05, 4.69) is 15.5 Å². The molecular weight excluding hydrogens is 332 g/mol. The molecule has 24 heavy (non-hydrogen) atoms. The molecule has 2 aromatic carbocycles. The van der Waals surface area contributed by atoms with Gasteiger partial charge in [-0.3, -0.25) is 0 Å². The van der Waals surface area contributed by atoms with E-state index in [0.717, 1.165) is 0 Å². The molecule has 0 amide bonds. The van der Waals surface area contributed by atoms with Crippen LogP contribution in [0.2, 0.25) is 5.02 Å². The lowest BCUT2D eigenvalue weighted by Crippen LogP contribution is -2.14. The van der Waals surface area contributed by atoms with Crippen LogP contribution in [0.1, 0.15) is 10.4 Å². The monoisotopic (exact) mass is 344 g/mol. The van der Waals surface area contributed by atoms with Gasteiger partial charge in [0.15, 0.2) is 0 Å². The van der Waals surface area contributed by atoms with Crippen LogP contribution in [0.3, 0.4) is 0 Å². The van der Waals surface area contributed by atoms with Crippen LogP contribution in [0.5, 0.6) is 5.75 Å². The zero-order chi connectivity index (χ0) is 16.8. The standard InChI is InChI=1S/C16H13ClN4O3/c17-12-4-3-5-13(10-12)23-8-9-24-16(22)14-6-1-2-7-15(14)21-11-18-19-20-21/h1-7,10-11H,8-9H2. The minimum atomic E-state index is -0.476. The molecule has 0 N–H and O–H groups in total. The highest BCUT2D eigenvalue weighted by molar-refractivity contribution is 6.30. The summed E-state index contributed by atoms with van der Waals surface area (Å²) in [4.78, 5) is 12.2. The molecule has 0 radical (unpaired) electrons. The fourth-order valence-corrected chi connectivity index (χ4v) is 2.23. The Morgan fingerprint density at radius 2 is 2.00 bits per heavy atom. The largest absolute Gasteiger partial charge is 0.490 e. The van der Waals surface area contributed by atoms with Crippen molar-refractivity contribution in [2.24, 2.45) is 0 Å². The first-order chi connectivity index (χ1) is 11.7. The maximum atomic E-state index is 12.2. The molecule has 0 aliphatic carbocycles. The normalized spacial score (nSPS) is 10.4. The summed E-state index contributed by atoms with van der Waals surface area (Å²) in [5, 5.41) is 11.5. The Balaban J connectivity index is 1.58. The molecule has 0 saturated heterocycles. The van der Waals surface area contributed by atoms with Crippen molar-refractivity contribution in [3.63, 3.8) is 0 Å². The van der Waals surface area contributed by atoms with Gasteiger partial charge in [0.2, 0.25) is 0 Å². The number of rotatable bonds is 6. The van der Waals surface area contributed by atoms with Gasteiger partial charge in [0.05, 0.1) is 11.3 Å². The molecule has 122 valence electrons. The van der Waals surface area contributed by atoms with Gasteiger partial charge < -0.3 is 9.47 Å². The average Bonchev–Trinajstić information content (AvgIpc) is 3.13. The highest BCUT2D eigenvalue weighted by atomic mass is 35.5. The van der Waals surface area contributed by atoms with Gasteiger partial charge in [-0.2, -0.15) is 4.68 Å². The van der Waals surface area contributed by atoms with E-state index in [9.17, 15) is 4.79 Å². The Morgan fingerprint density at radius 1 is 1.12 bits per heavy atom. The number of hydrogen-bond donors (Lipinski definition) is 0. The topological polar surface area (TPSA) is 79.1 Å². The minimum absolute atomic E-state index is 0.106. The minimum Gasteiger partial charge on any atom is -0.490 e. The molecule has 1 aromatic heterocycles. The molecule has 3 rings (SSSR count). The lowest BCUT2D eigenvalue weighted by Gasteiger charge is -2.10. The first-order valence-electron chi connectivity index (χ1n) is 7.12. The maximum absolute atomic E-state index is 12.2. The smallest absolute Gasteiger partial charge is 0.340 e. The first-order valence-corrected chi connectivity index (χ1v) is 7.50. The van der Waals surface area contributed by atoms with Gasteiger partial charge in [-0.05, 0) is 40.8 Å². The van der Waals surface area contributed by atoms with E-state index < -0.39 is 5.97 Å². The van der Waals surface area contributed by atoms with Crippen molar-refractivity contribution in [2.75, 3.05) is 13.2 Å². The first kappa shape index (κ1) is 15.9. The summed E-state index contributed by atoms with van der Waals surface area (Å²) in [5.41, 5.74) is 0.913. The molecular formula is C16H13ClN4O3. The van der Waals surface area contributed by atoms with Gasteiger partial charge in [0, 0.05) is 5.02 Å². The molecule has 0 aliphatic rings. The predicted octanol–water partition coefficient (Wildman–Crippen LogP) is 2.55. The van der Waals surface area contributed by atoms with Crippen LogP contribution < -0.4 is 4.74 Å². The summed E-state index contributed by atoms with van der Waals surface area (Å²) < 4.78 is 12.1. The van der Waals surface area contributed by atoms with Gasteiger partial charge >= 0.3 is 5.97 Å². The zero-order valence-electron chi connectivity index (χ0n) is 12.5. The molecule has 0 aliphatic heterocycles. The van der Waals surface area contributed by atoms with Gasteiger partial charge in [-0.15, -0.1) is 5.10 Å². The third kappa shape index (κ3) is 3.88. The van der Waals surface area contributed by atoms with Crippen LogP contribution >= 0.6 is 11.6 Å². The van der Waals surface area contributed by atoms with Crippen molar-refractivity contribution < 1.29 is 14.3 Å². The highest BCUT2D eigenvalue weighted by Crippen LogP contribution is 2.17. The van der Waals surface area contributed by atoms with Gasteiger partial charge in [-0.25, -0.2) is 4.79 Å². The van der Waals surface area contributed by atoms with Crippen LogP contribution in [-0.4, -0.2) is 39.4 Å². The Hall–Kier alpha value is -2.93. The Bertz CT molecular complexity index is 824. The van der Waals surface area contributed by atoms with E-state index in [1.165, 1.54) is 11.0 Å². The molecule has 0 atom stereocenters. The SMILES string of the molecule is O=C(OCCOc1cccc(Cl)c1)c1ccccc1-n1cnnn1. The lowest BCUT2D eigenvalue weighted by atomic mass is 10.2. The predicted molar refractivity (Wildman–Crippen MR) is 86.4 cm³/mol. The summed E-state index contributed by atoms with van der Waals surface area (Å²) in [6.45, 7) is 0.328. The fourth-order valence-electron chi connectivity index (χ4n) is 2.05. The number of carbonyl (C=O) groups is 1. The van der Waals surface area contributed by atoms with Crippen molar-refractivity contribution in [1.29, 1.82) is 0 Å². The van der Waals surface area contributed by atoms with Gasteiger partial charge in [-0.1, -0.05) is 29.8 Å². The van der Waals surface area contributed by atoms with Gasteiger partial charge in [0.1, 0.15) is 25.3 Å². The maximum Gasteiger partial charge on any atom is 0.340 e.